The van der Waals surface area contributed by atoms with E-state index in [1.165, 1.54) is 11.6 Å². The van der Waals surface area contributed by atoms with Gasteiger partial charge in [0.2, 0.25) is 5.78 Å². The molecule has 4 nitrogen and oxygen atoms in total. The summed E-state index contributed by atoms with van der Waals surface area (Å²) in [6, 6.07) is 15.8. The SMILES string of the molecule is CCc1ccc(C(=O)[C@H](C)Oc2ccc3ccc(=O)oc3c2)cc1. The van der Waals surface area contributed by atoms with Gasteiger partial charge in [0.25, 0.3) is 0 Å². The Hall–Kier alpha value is -2.88. The Labute approximate surface area is 139 Å². The molecule has 1 atom stereocenters. The Morgan fingerprint density at radius 3 is 2.50 bits per heavy atom. The third-order valence-corrected chi connectivity index (χ3v) is 3.92. The minimum atomic E-state index is -0.634. The molecule has 24 heavy (non-hydrogen) atoms. The van der Waals surface area contributed by atoms with E-state index >= 15 is 0 Å². The highest BCUT2D eigenvalue weighted by atomic mass is 16.5. The van der Waals surface area contributed by atoms with Crippen LogP contribution in [0.25, 0.3) is 11.0 Å². The lowest BCUT2D eigenvalue weighted by molar-refractivity contribution is 0.0818. The zero-order valence-corrected chi connectivity index (χ0v) is 13.6. The number of fused-ring (bicyclic) bond motifs is 1. The fourth-order valence-electron chi connectivity index (χ4n) is 2.51. The van der Waals surface area contributed by atoms with E-state index in [4.69, 9.17) is 9.15 Å². The number of benzene rings is 2. The van der Waals surface area contributed by atoms with Crippen LogP contribution >= 0.6 is 0 Å². The van der Waals surface area contributed by atoms with Crippen LogP contribution in [0.5, 0.6) is 5.75 Å². The molecule has 3 rings (SSSR count). The summed E-state index contributed by atoms with van der Waals surface area (Å²) in [5.41, 5.74) is 1.82. The minimum Gasteiger partial charge on any atom is -0.482 e. The van der Waals surface area contributed by atoms with E-state index in [1.54, 1.807) is 31.2 Å². The summed E-state index contributed by atoms with van der Waals surface area (Å²) < 4.78 is 10.9. The summed E-state index contributed by atoms with van der Waals surface area (Å²) >= 11 is 0. The van der Waals surface area contributed by atoms with Crippen LogP contribution in [0, 0.1) is 0 Å². The standard InChI is InChI=1S/C20H18O4/c1-3-14-4-6-16(7-5-14)20(22)13(2)23-17-10-8-15-9-11-19(21)24-18(15)12-17/h4-13H,3H2,1-2H3/t13-/m0/s1. The highest BCUT2D eigenvalue weighted by Gasteiger charge is 2.17. The average molecular weight is 322 g/mol. The zero-order chi connectivity index (χ0) is 17.1. The Kier molecular flexibility index (Phi) is 4.47. The molecular formula is C20H18O4. The van der Waals surface area contributed by atoms with Gasteiger partial charge >= 0.3 is 5.63 Å². The molecule has 2 aromatic carbocycles. The van der Waals surface area contributed by atoms with E-state index < -0.39 is 11.7 Å². The molecule has 0 spiro atoms. The molecular weight excluding hydrogens is 304 g/mol. The number of ketones is 1. The Morgan fingerprint density at radius 1 is 1.08 bits per heavy atom. The summed E-state index contributed by atoms with van der Waals surface area (Å²) in [5, 5.41) is 0.802. The van der Waals surface area contributed by atoms with Crippen LogP contribution in [-0.4, -0.2) is 11.9 Å². The number of carbonyl (C=O) groups is 1. The van der Waals surface area contributed by atoms with Crippen LogP contribution < -0.4 is 10.4 Å². The molecule has 0 aliphatic rings. The second-order valence-electron chi connectivity index (χ2n) is 5.63. The maximum atomic E-state index is 12.5. The van der Waals surface area contributed by atoms with Crippen LogP contribution in [0.2, 0.25) is 0 Å². The van der Waals surface area contributed by atoms with Crippen LogP contribution in [0.4, 0.5) is 0 Å². The van der Waals surface area contributed by atoms with E-state index in [0.717, 1.165) is 11.8 Å². The quantitative estimate of drug-likeness (QED) is 0.526. The third kappa shape index (κ3) is 3.38. The van der Waals surface area contributed by atoms with Gasteiger partial charge in [-0.05, 0) is 37.1 Å². The van der Waals surface area contributed by atoms with E-state index in [-0.39, 0.29) is 5.78 Å². The summed E-state index contributed by atoms with van der Waals surface area (Å²) in [7, 11) is 0. The summed E-state index contributed by atoms with van der Waals surface area (Å²) in [6.07, 6.45) is 0.299. The first-order chi connectivity index (χ1) is 11.6. The van der Waals surface area contributed by atoms with Crippen LogP contribution in [0.3, 0.4) is 0 Å². The Balaban J connectivity index is 1.79. The topological polar surface area (TPSA) is 56.5 Å². The molecule has 4 heteroatoms. The summed E-state index contributed by atoms with van der Waals surface area (Å²) in [4.78, 5) is 23.8. The van der Waals surface area contributed by atoms with Crippen LogP contribution in [-0.2, 0) is 6.42 Å². The maximum Gasteiger partial charge on any atom is 0.336 e. The molecule has 0 aliphatic carbocycles. The molecule has 0 saturated carbocycles. The molecule has 0 amide bonds. The highest BCUT2D eigenvalue weighted by molar-refractivity contribution is 5.99. The van der Waals surface area contributed by atoms with Gasteiger partial charge in [-0.1, -0.05) is 31.2 Å². The Bertz CT molecular complexity index is 922. The molecule has 122 valence electrons. The fourth-order valence-corrected chi connectivity index (χ4v) is 2.51. The van der Waals surface area contributed by atoms with Crippen molar-refractivity contribution in [1.29, 1.82) is 0 Å². The van der Waals surface area contributed by atoms with Crippen LogP contribution in [0.1, 0.15) is 29.8 Å². The fraction of sp³-hybridized carbons (Fsp3) is 0.200. The molecule has 1 heterocycles. The van der Waals surface area contributed by atoms with Gasteiger partial charge in [-0.15, -0.1) is 0 Å². The summed E-state index contributed by atoms with van der Waals surface area (Å²) in [6.45, 7) is 3.78. The second-order valence-corrected chi connectivity index (χ2v) is 5.63. The van der Waals surface area contributed by atoms with Gasteiger partial charge in [0.15, 0.2) is 6.10 Å². The first kappa shape index (κ1) is 16.0. The lowest BCUT2D eigenvalue weighted by Crippen LogP contribution is -2.23. The number of Topliss-reactive ketones (excluding diaryl/α,β-unsaturated/α-hetero) is 1. The van der Waals surface area contributed by atoms with Gasteiger partial charge in [-0.2, -0.15) is 0 Å². The van der Waals surface area contributed by atoms with Crippen molar-refractivity contribution >= 4 is 16.8 Å². The van der Waals surface area contributed by atoms with E-state index in [1.807, 2.05) is 24.3 Å². The number of rotatable bonds is 5. The maximum absolute atomic E-state index is 12.5. The van der Waals surface area contributed by atoms with Gasteiger partial charge in [0.05, 0.1) is 0 Å². The molecule has 0 N–H and O–H groups in total. The van der Waals surface area contributed by atoms with Gasteiger partial charge in [0.1, 0.15) is 11.3 Å². The van der Waals surface area contributed by atoms with Crippen molar-refractivity contribution in [2.24, 2.45) is 0 Å². The minimum absolute atomic E-state index is 0.0905. The van der Waals surface area contributed by atoms with Gasteiger partial charge in [-0.3, -0.25) is 4.79 Å². The van der Waals surface area contributed by atoms with Gasteiger partial charge in [0, 0.05) is 23.1 Å². The monoisotopic (exact) mass is 322 g/mol. The Morgan fingerprint density at radius 2 is 1.79 bits per heavy atom. The van der Waals surface area contributed by atoms with Crippen molar-refractivity contribution in [2.45, 2.75) is 26.4 Å². The largest absolute Gasteiger partial charge is 0.482 e. The van der Waals surface area contributed by atoms with Crippen molar-refractivity contribution < 1.29 is 13.9 Å². The van der Waals surface area contributed by atoms with Crippen molar-refractivity contribution in [3.05, 3.63) is 76.1 Å². The number of aryl methyl sites for hydroxylation is 1. The average Bonchev–Trinajstić information content (AvgIpc) is 2.60. The normalized spacial score (nSPS) is 12.1. The molecule has 0 radical (unpaired) electrons. The number of hydrogen-bond acceptors (Lipinski definition) is 4. The van der Waals surface area contributed by atoms with E-state index in [0.29, 0.717) is 16.9 Å². The van der Waals surface area contributed by atoms with E-state index in [2.05, 4.69) is 6.92 Å². The smallest absolute Gasteiger partial charge is 0.336 e. The first-order valence-corrected chi connectivity index (χ1v) is 7.90. The number of ether oxygens (including phenoxy) is 1. The number of carbonyl (C=O) groups excluding carboxylic acids is 1. The number of hydrogen-bond donors (Lipinski definition) is 0. The predicted octanol–water partition coefficient (Wildman–Crippen LogP) is 4.01. The molecule has 0 bridgehead atoms. The first-order valence-electron chi connectivity index (χ1n) is 7.90. The molecule has 0 aliphatic heterocycles. The van der Waals surface area contributed by atoms with Gasteiger partial charge in [-0.25, -0.2) is 4.79 Å². The lowest BCUT2D eigenvalue weighted by atomic mass is 10.0. The van der Waals surface area contributed by atoms with E-state index in [9.17, 15) is 9.59 Å². The van der Waals surface area contributed by atoms with Gasteiger partial charge < -0.3 is 9.15 Å². The molecule has 0 saturated heterocycles. The van der Waals surface area contributed by atoms with Crippen molar-refractivity contribution in [2.75, 3.05) is 0 Å². The van der Waals surface area contributed by atoms with Crippen molar-refractivity contribution in [1.82, 2.24) is 0 Å². The van der Waals surface area contributed by atoms with Crippen LogP contribution in [0.15, 0.2) is 63.8 Å². The molecule has 1 aromatic heterocycles. The molecule has 0 fully saturated rings. The molecule has 3 aromatic rings. The molecule has 0 unspecified atom stereocenters. The second kappa shape index (κ2) is 6.71. The lowest BCUT2D eigenvalue weighted by Gasteiger charge is -2.14. The highest BCUT2D eigenvalue weighted by Crippen LogP contribution is 2.21. The zero-order valence-electron chi connectivity index (χ0n) is 13.6. The van der Waals surface area contributed by atoms with Crippen molar-refractivity contribution in [3.8, 4) is 5.75 Å². The summed E-state index contributed by atoms with van der Waals surface area (Å²) in [5.74, 6) is 0.398. The predicted molar refractivity (Wildman–Crippen MR) is 92.7 cm³/mol. The third-order valence-electron chi connectivity index (χ3n) is 3.92. The van der Waals surface area contributed by atoms with Crippen molar-refractivity contribution in [3.63, 3.8) is 0 Å².